The summed E-state index contributed by atoms with van der Waals surface area (Å²) in [5.74, 6) is 0.713. The highest BCUT2D eigenvalue weighted by atomic mass is 32.1. The number of carboxylic acids is 1. The van der Waals surface area contributed by atoms with Gasteiger partial charge in [-0.25, -0.2) is 4.79 Å². The van der Waals surface area contributed by atoms with E-state index in [4.69, 9.17) is 11.5 Å². The minimum atomic E-state index is -1.09. The number of hydrogen-bond acceptors (Lipinski definition) is 3. The first-order valence-electron chi connectivity index (χ1n) is 6.16. The molecule has 1 aromatic heterocycles. The van der Waals surface area contributed by atoms with Crippen LogP contribution in [-0.2, 0) is 16.0 Å². The molecule has 4 nitrogen and oxygen atoms in total. The van der Waals surface area contributed by atoms with Gasteiger partial charge in [-0.2, -0.15) is 0 Å². The van der Waals surface area contributed by atoms with Crippen molar-refractivity contribution in [1.82, 2.24) is 5.32 Å². The molecule has 0 radical (unpaired) electrons. The fourth-order valence-corrected chi connectivity index (χ4v) is 3.34. The Morgan fingerprint density at radius 3 is 3.11 bits per heavy atom. The number of nitrogens with one attached hydrogen (secondary N) is 1. The van der Waals surface area contributed by atoms with Gasteiger partial charge < -0.3 is 10.4 Å². The number of carbonyl (C=O) groups excluding carboxylic acids is 1. The van der Waals surface area contributed by atoms with Crippen molar-refractivity contribution < 1.29 is 14.7 Å². The molecule has 1 aliphatic rings. The summed E-state index contributed by atoms with van der Waals surface area (Å²) in [7, 11) is 0. The van der Waals surface area contributed by atoms with Gasteiger partial charge in [-0.3, -0.25) is 4.79 Å². The van der Waals surface area contributed by atoms with Gasteiger partial charge in [-0.15, -0.1) is 23.7 Å². The molecule has 2 atom stereocenters. The number of thiophene rings is 1. The van der Waals surface area contributed by atoms with Crippen molar-refractivity contribution in [2.45, 2.75) is 37.6 Å². The molecule has 1 aromatic rings. The largest absolute Gasteiger partial charge is 0.480 e. The number of aryl methyl sites for hydroxylation is 1. The van der Waals surface area contributed by atoms with E-state index in [0.717, 1.165) is 24.8 Å². The topological polar surface area (TPSA) is 66.4 Å². The average Bonchev–Trinajstić information content (AvgIpc) is 2.85. The van der Waals surface area contributed by atoms with E-state index in [1.54, 1.807) is 11.3 Å². The van der Waals surface area contributed by atoms with Crippen LogP contribution in [-0.4, -0.2) is 23.0 Å². The molecule has 2 N–H and O–H groups in total. The van der Waals surface area contributed by atoms with Gasteiger partial charge in [-0.05, 0) is 36.3 Å². The highest BCUT2D eigenvalue weighted by Gasteiger charge is 2.29. The molecule has 2 unspecified atom stereocenters. The number of terminal acetylenes is 1. The Morgan fingerprint density at radius 2 is 2.42 bits per heavy atom. The van der Waals surface area contributed by atoms with E-state index < -0.39 is 12.0 Å². The van der Waals surface area contributed by atoms with Crippen LogP contribution in [0.25, 0.3) is 0 Å². The molecular formula is C14H15NO3S. The summed E-state index contributed by atoms with van der Waals surface area (Å²) in [4.78, 5) is 24.4. The lowest BCUT2D eigenvalue weighted by atomic mass is 9.87. The van der Waals surface area contributed by atoms with Crippen LogP contribution in [0.3, 0.4) is 0 Å². The maximum atomic E-state index is 12.2. The summed E-state index contributed by atoms with van der Waals surface area (Å²) in [6.07, 6.45) is 7.84. The van der Waals surface area contributed by atoms with E-state index >= 15 is 0 Å². The van der Waals surface area contributed by atoms with Gasteiger partial charge in [0.15, 0.2) is 0 Å². The Labute approximate surface area is 115 Å². The zero-order valence-electron chi connectivity index (χ0n) is 10.4. The second-order valence-corrected chi connectivity index (χ2v) is 5.55. The van der Waals surface area contributed by atoms with Crippen LogP contribution in [0.4, 0.5) is 0 Å². The van der Waals surface area contributed by atoms with Crippen LogP contribution in [0.2, 0.25) is 0 Å². The number of rotatable bonds is 4. The predicted molar refractivity (Wildman–Crippen MR) is 73.0 cm³/mol. The van der Waals surface area contributed by atoms with Gasteiger partial charge in [0, 0.05) is 11.3 Å². The maximum Gasteiger partial charge on any atom is 0.327 e. The Balaban J connectivity index is 2.09. The van der Waals surface area contributed by atoms with Gasteiger partial charge in [-0.1, -0.05) is 0 Å². The average molecular weight is 277 g/mol. The van der Waals surface area contributed by atoms with Crippen molar-refractivity contribution >= 4 is 23.2 Å². The van der Waals surface area contributed by atoms with Crippen molar-refractivity contribution in [2.24, 2.45) is 0 Å². The summed E-state index contributed by atoms with van der Waals surface area (Å²) in [6, 6.07) is 0.960. The normalized spacial score (nSPS) is 19.0. The van der Waals surface area contributed by atoms with Crippen molar-refractivity contribution in [1.29, 1.82) is 0 Å². The minimum absolute atomic E-state index is 0.00425. The van der Waals surface area contributed by atoms with Crippen LogP contribution in [0.1, 0.15) is 35.6 Å². The van der Waals surface area contributed by atoms with Gasteiger partial charge in [0.2, 0.25) is 5.91 Å². The molecule has 0 spiro atoms. The van der Waals surface area contributed by atoms with Crippen LogP contribution in [0.5, 0.6) is 0 Å². The molecule has 1 heterocycles. The van der Waals surface area contributed by atoms with Crippen molar-refractivity contribution in [2.75, 3.05) is 0 Å². The molecule has 0 bridgehead atoms. The first kappa shape index (κ1) is 13.6. The molecule has 5 heteroatoms. The van der Waals surface area contributed by atoms with Gasteiger partial charge in [0.05, 0.1) is 5.92 Å². The van der Waals surface area contributed by atoms with Gasteiger partial charge in [0.1, 0.15) is 6.04 Å². The lowest BCUT2D eigenvalue weighted by Gasteiger charge is -2.23. The SMILES string of the molecule is C#CCC(NC(=O)C1CCCc2sccc21)C(=O)O. The molecule has 0 saturated heterocycles. The summed E-state index contributed by atoms with van der Waals surface area (Å²) in [5.41, 5.74) is 1.04. The lowest BCUT2D eigenvalue weighted by molar-refractivity contribution is -0.141. The summed E-state index contributed by atoms with van der Waals surface area (Å²) in [6.45, 7) is 0. The molecule has 0 saturated carbocycles. The van der Waals surface area contributed by atoms with Crippen molar-refractivity contribution in [3.8, 4) is 12.3 Å². The second-order valence-electron chi connectivity index (χ2n) is 4.55. The second kappa shape index (κ2) is 5.89. The smallest absolute Gasteiger partial charge is 0.327 e. The van der Waals surface area contributed by atoms with Gasteiger partial charge in [0.25, 0.3) is 0 Å². The molecule has 1 amide bonds. The Bertz CT molecular complexity index is 529. The molecule has 19 heavy (non-hydrogen) atoms. The number of carboxylic acid groups (broad SMARTS) is 1. The van der Waals surface area contributed by atoms with Gasteiger partial charge >= 0.3 is 5.97 Å². The number of aliphatic carboxylic acids is 1. The van der Waals surface area contributed by atoms with E-state index in [2.05, 4.69) is 11.2 Å². The van der Waals surface area contributed by atoms with E-state index in [9.17, 15) is 9.59 Å². The van der Waals surface area contributed by atoms with Crippen LogP contribution >= 0.6 is 11.3 Å². The predicted octanol–water partition coefficient (Wildman–Crippen LogP) is 1.76. The zero-order valence-corrected chi connectivity index (χ0v) is 11.2. The minimum Gasteiger partial charge on any atom is -0.480 e. The van der Waals surface area contributed by atoms with E-state index in [1.807, 2.05) is 11.4 Å². The zero-order chi connectivity index (χ0) is 13.8. The summed E-state index contributed by atoms with van der Waals surface area (Å²) < 4.78 is 0. The third-order valence-electron chi connectivity index (χ3n) is 3.30. The third-order valence-corrected chi connectivity index (χ3v) is 4.30. The standard InChI is InChI=1S/C14H15NO3S/c1-2-4-11(14(17)18)15-13(16)10-5-3-6-12-9(10)7-8-19-12/h1,7-8,10-11H,3-6H2,(H,15,16)(H,17,18). The number of amides is 1. The monoisotopic (exact) mass is 277 g/mol. The molecular weight excluding hydrogens is 262 g/mol. The summed E-state index contributed by atoms with van der Waals surface area (Å²) in [5, 5.41) is 13.5. The molecule has 1 aliphatic carbocycles. The fraction of sp³-hybridized carbons (Fsp3) is 0.429. The fourth-order valence-electron chi connectivity index (χ4n) is 2.35. The maximum absolute atomic E-state index is 12.2. The van der Waals surface area contributed by atoms with Crippen LogP contribution in [0.15, 0.2) is 11.4 Å². The van der Waals surface area contributed by atoms with Crippen LogP contribution < -0.4 is 5.32 Å². The van der Waals surface area contributed by atoms with Crippen molar-refractivity contribution in [3.05, 3.63) is 21.9 Å². The number of hydrogen-bond donors (Lipinski definition) is 2. The third kappa shape index (κ3) is 2.96. The molecule has 100 valence electrons. The molecule has 0 aromatic carbocycles. The quantitative estimate of drug-likeness (QED) is 0.824. The first-order chi connectivity index (χ1) is 9.13. The van der Waals surface area contributed by atoms with Crippen LogP contribution in [0, 0.1) is 12.3 Å². The molecule has 0 fully saturated rings. The number of fused-ring (bicyclic) bond motifs is 1. The van der Waals surface area contributed by atoms with E-state index in [0.29, 0.717) is 0 Å². The summed E-state index contributed by atoms with van der Waals surface area (Å²) >= 11 is 1.65. The highest BCUT2D eigenvalue weighted by Crippen LogP contribution is 2.35. The highest BCUT2D eigenvalue weighted by molar-refractivity contribution is 7.10. The van der Waals surface area contributed by atoms with E-state index in [1.165, 1.54) is 4.88 Å². The first-order valence-corrected chi connectivity index (χ1v) is 7.04. The Morgan fingerprint density at radius 1 is 1.63 bits per heavy atom. The molecule has 2 rings (SSSR count). The van der Waals surface area contributed by atoms with Crippen molar-refractivity contribution in [3.63, 3.8) is 0 Å². The Hall–Kier alpha value is -1.80. The molecule has 0 aliphatic heterocycles. The lowest BCUT2D eigenvalue weighted by Crippen LogP contribution is -2.43. The number of carbonyl (C=O) groups is 2. The van der Waals surface area contributed by atoms with E-state index in [-0.39, 0.29) is 18.2 Å². The Kier molecular flexibility index (Phi) is 4.23.